The van der Waals surface area contributed by atoms with E-state index in [1.807, 2.05) is 6.92 Å². The zero-order valence-corrected chi connectivity index (χ0v) is 22.6. The number of benzene rings is 3. The first-order chi connectivity index (χ1) is 18.7. The molecule has 2 N–H and O–H groups in total. The van der Waals surface area contributed by atoms with Gasteiger partial charge >= 0.3 is 0 Å². The van der Waals surface area contributed by atoms with Gasteiger partial charge in [-0.05, 0) is 49.7 Å². The second kappa shape index (κ2) is 11.6. The number of hydrogen-bond donors (Lipinski definition) is 2. The molecule has 3 aromatic rings. The lowest BCUT2D eigenvalue weighted by molar-refractivity contribution is -0.132. The number of phenols is 1. The van der Waals surface area contributed by atoms with E-state index in [1.54, 1.807) is 37.3 Å². The van der Waals surface area contributed by atoms with Gasteiger partial charge in [-0.2, -0.15) is 0 Å². The number of aliphatic hydroxyl groups is 1. The maximum atomic E-state index is 13.6. The molecule has 4 rings (SSSR count). The average Bonchev–Trinajstić information content (AvgIpc) is 3.19. The molecule has 1 fully saturated rings. The second-order valence-corrected chi connectivity index (χ2v) is 8.85. The number of ketones is 1. The summed E-state index contributed by atoms with van der Waals surface area (Å²) >= 11 is 6.25. The second-order valence-electron chi connectivity index (χ2n) is 8.45. The lowest BCUT2D eigenvalue weighted by Gasteiger charge is -2.26. The zero-order chi connectivity index (χ0) is 28.3. The molecule has 1 atom stereocenters. The van der Waals surface area contributed by atoms with Crippen LogP contribution < -0.4 is 23.8 Å². The van der Waals surface area contributed by atoms with E-state index in [0.717, 1.165) is 0 Å². The smallest absolute Gasteiger partial charge is 0.300 e. The number of anilines is 1. The molecular formula is C29H28ClNO8. The normalized spacial score (nSPS) is 16.3. The van der Waals surface area contributed by atoms with E-state index < -0.39 is 23.5 Å². The van der Waals surface area contributed by atoms with Crippen molar-refractivity contribution in [3.63, 3.8) is 0 Å². The first kappa shape index (κ1) is 27.7. The van der Waals surface area contributed by atoms with Crippen molar-refractivity contribution in [2.45, 2.75) is 19.9 Å². The number of carbonyl (C=O) groups excluding carboxylic acids is 2. The SMILES string of the molecule is CCOc1cccc(N2C(=O)C(=O)/C(=C(/O)c3cc(OC)c(Cl)cc3OC)C2c2ccc(O)c(OCC)c2)c1. The molecule has 1 unspecified atom stereocenters. The largest absolute Gasteiger partial charge is 0.507 e. The Morgan fingerprint density at radius 3 is 2.31 bits per heavy atom. The Kier molecular flexibility index (Phi) is 8.21. The highest BCUT2D eigenvalue weighted by molar-refractivity contribution is 6.51. The number of rotatable bonds is 9. The molecule has 1 amide bonds. The number of carbonyl (C=O) groups is 2. The van der Waals surface area contributed by atoms with Gasteiger partial charge in [-0.3, -0.25) is 14.5 Å². The average molecular weight is 554 g/mol. The molecule has 0 bridgehead atoms. The molecule has 204 valence electrons. The molecule has 0 radical (unpaired) electrons. The third kappa shape index (κ3) is 5.18. The van der Waals surface area contributed by atoms with Crippen LogP contribution in [-0.2, 0) is 9.59 Å². The summed E-state index contributed by atoms with van der Waals surface area (Å²) in [6, 6.07) is 13.0. The number of ether oxygens (including phenoxy) is 4. The van der Waals surface area contributed by atoms with Crippen molar-refractivity contribution < 1.29 is 38.7 Å². The van der Waals surface area contributed by atoms with Crippen molar-refractivity contribution >= 4 is 34.7 Å². The van der Waals surface area contributed by atoms with E-state index in [0.29, 0.717) is 23.6 Å². The summed E-state index contributed by atoms with van der Waals surface area (Å²) in [4.78, 5) is 28.4. The first-order valence-electron chi connectivity index (χ1n) is 12.2. The van der Waals surface area contributed by atoms with Gasteiger partial charge < -0.3 is 29.2 Å². The van der Waals surface area contributed by atoms with Crippen LogP contribution >= 0.6 is 11.6 Å². The van der Waals surface area contributed by atoms with Crippen molar-refractivity contribution in [2.75, 3.05) is 32.3 Å². The van der Waals surface area contributed by atoms with Crippen molar-refractivity contribution in [1.29, 1.82) is 0 Å². The van der Waals surface area contributed by atoms with E-state index in [-0.39, 0.29) is 45.8 Å². The number of phenolic OH excluding ortho intramolecular Hbond substituents is 1. The number of nitrogens with zero attached hydrogens (tertiary/aromatic N) is 1. The molecule has 1 heterocycles. The molecule has 0 aromatic heterocycles. The summed E-state index contributed by atoms with van der Waals surface area (Å²) < 4.78 is 21.9. The van der Waals surface area contributed by atoms with Gasteiger partial charge in [0, 0.05) is 17.8 Å². The molecule has 39 heavy (non-hydrogen) atoms. The molecule has 0 spiro atoms. The van der Waals surface area contributed by atoms with Gasteiger partial charge in [-0.15, -0.1) is 0 Å². The van der Waals surface area contributed by atoms with Gasteiger partial charge in [0.15, 0.2) is 11.5 Å². The van der Waals surface area contributed by atoms with E-state index in [2.05, 4.69) is 0 Å². The Labute approximate surface area is 230 Å². The lowest BCUT2D eigenvalue weighted by Crippen LogP contribution is -2.29. The van der Waals surface area contributed by atoms with Crippen LogP contribution in [0, 0.1) is 0 Å². The minimum absolute atomic E-state index is 0.105. The van der Waals surface area contributed by atoms with E-state index in [1.165, 1.54) is 43.4 Å². The first-order valence-corrected chi connectivity index (χ1v) is 12.5. The Bertz CT molecular complexity index is 1450. The number of amides is 1. The highest BCUT2D eigenvalue weighted by atomic mass is 35.5. The molecule has 0 saturated carbocycles. The minimum atomic E-state index is -1.09. The van der Waals surface area contributed by atoms with Crippen molar-refractivity contribution in [3.05, 3.63) is 76.3 Å². The summed E-state index contributed by atoms with van der Waals surface area (Å²) in [5.41, 5.74) is 0.698. The third-order valence-corrected chi connectivity index (χ3v) is 6.48. The van der Waals surface area contributed by atoms with E-state index in [9.17, 15) is 19.8 Å². The van der Waals surface area contributed by atoms with Crippen LogP contribution in [0.2, 0.25) is 5.02 Å². The third-order valence-electron chi connectivity index (χ3n) is 6.18. The summed E-state index contributed by atoms with van der Waals surface area (Å²) in [5.74, 6) is -1.31. The molecule has 1 aliphatic heterocycles. The number of Topliss-reactive ketones (excluding diaryl/α,β-unsaturated/α-hetero) is 1. The minimum Gasteiger partial charge on any atom is -0.507 e. The number of methoxy groups -OCH3 is 2. The standard InChI is InChI=1S/C29H28ClNO8/c1-5-38-18-9-7-8-17(13-18)31-26(16-10-11-21(32)24(12-16)39-6-2)25(28(34)29(31)35)27(33)19-14-23(37-4)20(30)15-22(19)36-3/h7-15,26,32-33H,5-6H2,1-4H3/b27-25+. The van der Waals surface area contributed by atoms with Gasteiger partial charge in [-0.1, -0.05) is 23.7 Å². The highest BCUT2D eigenvalue weighted by Crippen LogP contribution is 2.46. The number of halogens is 1. The molecule has 9 nitrogen and oxygen atoms in total. The summed E-state index contributed by atoms with van der Waals surface area (Å²) in [7, 11) is 2.80. The number of hydrogen-bond acceptors (Lipinski definition) is 8. The van der Waals surface area contributed by atoms with Gasteiger partial charge in [0.1, 0.15) is 23.0 Å². The van der Waals surface area contributed by atoms with Crippen LogP contribution in [0.4, 0.5) is 5.69 Å². The molecule has 0 aliphatic carbocycles. The van der Waals surface area contributed by atoms with Crippen LogP contribution in [0.25, 0.3) is 5.76 Å². The fraction of sp³-hybridized carbons (Fsp3) is 0.241. The summed E-state index contributed by atoms with van der Waals surface area (Å²) in [6.45, 7) is 4.27. The van der Waals surface area contributed by atoms with Crippen LogP contribution in [0.5, 0.6) is 28.7 Å². The maximum absolute atomic E-state index is 13.6. The fourth-order valence-electron chi connectivity index (χ4n) is 4.47. The molecule has 3 aromatic carbocycles. The van der Waals surface area contributed by atoms with Gasteiger partial charge in [-0.25, -0.2) is 0 Å². The van der Waals surface area contributed by atoms with Gasteiger partial charge in [0.25, 0.3) is 11.7 Å². The van der Waals surface area contributed by atoms with Gasteiger partial charge in [0.2, 0.25) is 0 Å². The Balaban J connectivity index is 2.01. The predicted octanol–water partition coefficient (Wildman–Crippen LogP) is 5.49. The summed E-state index contributed by atoms with van der Waals surface area (Å²) in [5, 5.41) is 22.1. The van der Waals surface area contributed by atoms with Crippen LogP contribution in [0.1, 0.15) is 31.0 Å². The molecule has 1 aliphatic rings. The molecule has 10 heteroatoms. The van der Waals surface area contributed by atoms with Crippen LogP contribution in [0.3, 0.4) is 0 Å². The lowest BCUT2D eigenvalue weighted by atomic mass is 9.94. The fourth-order valence-corrected chi connectivity index (χ4v) is 4.70. The van der Waals surface area contributed by atoms with Crippen molar-refractivity contribution in [1.82, 2.24) is 0 Å². The summed E-state index contributed by atoms with van der Waals surface area (Å²) in [6.07, 6.45) is 0. The quantitative estimate of drug-likeness (QED) is 0.203. The maximum Gasteiger partial charge on any atom is 0.300 e. The Hall–Kier alpha value is -4.37. The molecule has 1 saturated heterocycles. The van der Waals surface area contributed by atoms with Crippen molar-refractivity contribution in [3.8, 4) is 28.7 Å². The Morgan fingerprint density at radius 1 is 0.923 bits per heavy atom. The zero-order valence-electron chi connectivity index (χ0n) is 21.9. The molecular weight excluding hydrogens is 526 g/mol. The number of aromatic hydroxyl groups is 1. The monoisotopic (exact) mass is 553 g/mol. The van der Waals surface area contributed by atoms with E-state index >= 15 is 0 Å². The topological polar surface area (TPSA) is 115 Å². The van der Waals surface area contributed by atoms with Crippen LogP contribution in [0.15, 0.2) is 60.2 Å². The van der Waals surface area contributed by atoms with Crippen LogP contribution in [-0.4, -0.2) is 49.3 Å². The highest BCUT2D eigenvalue weighted by Gasteiger charge is 2.47. The van der Waals surface area contributed by atoms with Gasteiger partial charge in [0.05, 0.1) is 49.6 Å². The predicted molar refractivity (Wildman–Crippen MR) is 146 cm³/mol. The Morgan fingerprint density at radius 2 is 1.64 bits per heavy atom. The van der Waals surface area contributed by atoms with Crippen molar-refractivity contribution in [2.24, 2.45) is 0 Å². The number of aliphatic hydroxyl groups excluding tert-OH is 1. The van der Waals surface area contributed by atoms with E-state index in [4.69, 9.17) is 30.5 Å².